The van der Waals surface area contributed by atoms with Crippen molar-refractivity contribution in [1.82, 2.24) is 0 Å². The van der Waals surface area contributed by atoms with Crippen LogP contribution in [-0.2, 0) is 11.0 Å². The zero-order chi connectivity index (χ0) is 13.2. The van der Waals surface area contributed by atoms with Gasteiger partial charge in [-0.2, -0.15) is 13.2 Å². The number of hydrogen-bond acceptors (Lipinski definition) is 2. The molecule has 94 valence electrons. The van der Waals surface area contributed by atoms with Gasteiger partial charge >= 0.3 is 6.18 Å². The maximum atomic E-state index is 12.4. The Hall–Kier alpha value is -1.27. The predicted octanol–water partition coefficient (Wildman–Crippen LogP) is 2.64. The second kappa shape index (κ2) is 4.93. The molecule has 1 aromatic rings. The quantitative estimate of drug-likeness (QED) is 0.865. The summed E-state index contributed by atoms with van der Waals surface area (Å²) in [6.45, 7) is 1.41. The second-order valence-electron chi connectivity index (χ2n) is 3.47. The van der Waals surface area contributed by atoms with Gasteiger partial charge in [0.15, 0.2) is 0 Å². The lowest BCUT2D eigenvalue weighted by Crippen LogP contribution is -2.32. The van der Waals surface area contributed by atoms with Gasteiger partial charge in [0.1, 0.15) is 0 Å². The van der Waals surface area contributed by atoms with E-state index in [9.17, 15) is 18.0 Å². The number of nitrogens with one attached hydrogen (secondary N) is 1. The van der Waals surface area contributed by atoms with Crippen molar-refractivity contribution in [2.45, 2.75) is 19.1 Å². The molecule has 0 unspecified atom stereocenters. The van der Waals surface area contributed by atoms with Crippen LogP contribution in [0.4, 0.5) is 18.9 Å². The molecule has 0 aliphatic rings. The van der Waals surface area contributed by atoms with Crippen LogP contribution in [0.2, 0.25) is 5.02 Å². The van der Waals surface area contributed by atoms with Crippen molar-refractivity contribution in [3.8, 4) is 0 Å². The highest BCUT2D eigenvalue weighted by molar-refractivity contribution is 6.33. The van der Waals surface area contributed by atoms with Crippen molar-refractivity contribution < 1.29 is 18.0 Å². The van der Waals surface area contributed by atoms with E-state index < -0.39 is 23.7 Å². The summed E-state index contributed by atoms with van der Waals surface area (Å²) in [7, 11) is 0. The molecular weight excluding hydrogens is 257 g/mol. The summed E-state index contributed by atoms with van der Waals surface area (Å²) in [6.07, 6.45) is -4.49. The van der Waals surface area contributed by atoms with E-state index in [0.29, 0.717) is 0 Å². The van der Waals surface area contributed by atoms with E-state index in [4.69, 9.17) is 17.3 Å². The van der Waals surface area contributed by atoms with Crippen molar-refractivity contribution in [3.63, 3.8) is 0 Å². The average molecular weight is 267 g/mol. The molecule has 1 amide bonds. The van der Waals surface area contributed by atoms with Crippen LogP contribution in [0, 0.1) is 0 Å². The van der Waals surface area contributed by atoms with Gasteiger partial charge in [-0.3, -0.25) is 4.79 Å². The minimum Gasteiger partial charge on any atom is -0.323 e. The lowest BCUT2D eigenvalue weighted by molar-refractivity contribution is -0.137. The Kier molecular flexibility index (Phi) is 4.00. The second-order valence-corrected chi connectivity index (χ2v) is 3.88. The summed E-state index contributed by atoms with van der Waals surface area (Å²) in [4.78, 5) is 11.2. The molecule has 0 saturated heterocycles. The number of benzene rings is 1. The molecule has 1 atom stereocenters. The first-order valence-corrected chi connectivity index (χ1v) is 5.03. The van der Waals surface area contributed by atoms with Crippen molar-refractivity contribution in [2.75, 3.05) is 5.32 Å². The normalized spacial score (nSPS) is 13.3. The number of nitrogens with two attached hydrogens (primary N) is 1. The summed E-state index contributed by atoms with van der Waals surface area (Å²) < 4.78 is 37.2. The van der Waals surface area contributed by atoms with E-state index in [0.717, 1.165) is 18.2 Å². The molecule has 0 saturated carbocycles. The van der Waals surface area contributed by atoms with E-state index in [2.05, 4.69) is 5.32 Å². The van der Waals surface area contributed by atoms with Gasteiger partial charge in [0, 0.05) is 0 Å². The van der Waals surface area contributed by atoms with E-state index in [-0.39, 0.29) is 10.7 Å². The minimum absolute atomic E-state index is 0.0204. The van der Waals surface area contributed by atoms with Crippen LogP contribution in [0.25, 0.3) is 0 Å². The third-order valence-electron chi connectivity index (χ3n) is 1.97. The highest BCUT2D eigenvalue weighted by atomic mass is 35.5. The van der Waals surface area contributed by atoms with Gasteiger partial charge in [-0.15, -0.1) is 0 Å². The summed E-state index contributed by atoms with van der Waals surface area (Å²) in [5, 5.41) is 2.25. The number of rotatable bonds is 2. The van der Waals surface area contributed by atoms with E-state index in [1.165, 1.54) is 6.92 Å². The van der Waals surface area contributed by atoms with Crippen LogP contribution < -0.4 is 11.1 Å². The van der Waals surface area contributed by atoms with Gasteiger partial charge in [-0.1, -0.05) is 11.6 Å². The van der Waals surface area contributed by atoms with Crippen molar-refractivity contribution >= 4 is 23.2 Å². The molecule has 1 aromatic carbocycles. The molecule has 0 aliphatic carbocycles. The lowest BCUT2D eigenvalue weighted by Gasteiger charge is -2.12. The van der Waals surface area contributed by atoms with E-state index in [1.54, 1.807) is 0 Å². The molecule has 0 radical (unpaired) electrons. The Morgan fingerprint density at radius 2 is 2.06 bits per heavy atom. The fourth-order valence-electron chi connectivity index (χ4n) is 1.04. The number of halogens is 4. The van der Waals surface area contributed by atoms with Crippen molar-refractivity contribution in [2.24, 2.45) is 5.73 Å². The zero-order valence-electron chi connectivity index (χ0n) is 8.81. The first-order valence-electron chi connectivity index (χ1n) is 4.65. The number of hydrogen-bond donors (Lipinski definition) is 2. The standard InChI is InChI=1S/C10H10ClF3N2O/c1-5(15)9(17)16-8-4-6(10(12,13)14)2-3-7(8)11/h2-5H,15H2,1H3,(H,16,17)/t5-/m1/s1. The number of amides is 1. The largest absolute Gasteiger partial charge is 0.416 e. The lowest BCUT2D eigenvalue weighted by atomic mass is 10.2. The van der Waals surface area contributed by atoms with E-state index in [1.807, 2.05) is 0 Å². The number of alkyl halides is 3. The van der Waals surface area contributed by atoms with Crippen molar-refractivity contribution in [1.29, 1.82) is 0 Å². The summed E-state index contributed by atoms with van der Waals surface area (Å²) in [6, 6.07) is 1.84. The van der Waals surface area contributed by atoms with Crippen LogP contribution in [0.15, 0.2) is 18.2 Å². The predicted molar refractivity (Wildman–Crippen MR) is 58.7 cm³/mol. The van der Waals surface area contributed by atoms with Gasteiger partial charge in [-0.05, 0) is 25.1 Å². The number of anilines is 1. The maximum Gasteiger partial charge on any atom is 0.416 e. The molecule has 0 aromatic heterocycles. The van der Waals surface area contributed by atoms with Crippen LogP contribution >= 0.6 is 11.6 Å². The Morgan fingerprint density at radius 1 is 1.47 bits per heavy atom. The molecule has 0 heterocycles. The molecule has 3 N–H and O–H groups in total. The van der Waals surface area contributed by atoms with E-state index >= 15 is 0 Å². The monoisotopic (exact) mass is 266 g/mol. The van der Waals surface area contributed by atoms with Gasteiger partial charge < -0.3 is 11.1 Å². The van der Waals surface area contributed by atoms with Crippen LogP contribution in [0.1, 0.15) is 12.5 Å². The minimum atomic E-state index is -4.49. The van der Waals surface area contributed by atoms with Crippen LogP contribution in [0.5, 0.6) is 0 Å². The highest BCUT2D eigenvalue weighted by Gasteiger charge is 2.31. The Labute approximate surface area is 101 Å². The average Bonchev–Trinajstić information content (AvgIpc) is 2.19. The summed E-state index contributed by atoms with van der Waals surface area (Å²) in [5.41, 5.74) is 4.29. The molecule has 3 nitrogen and oxygen atoms in total. The SMILES string of the molecule is C[C@@H](N)C(=O)Nc1cc(C(F)(F)F)ccc1Cl. The third kappa shape index (κ3) is 3.61. The topological polar surface area (TPSA) is 55.1 Å². The van der Waals surface area contributed by atoms with Crippen LogP contribution in [0.3, 0.4) is 0 Å². The highest BCUT2D eigenvalue weighted by Crippen LogP contribution is 2.33. The molecule has 1 rings (SSSR count). The van der Waals surface area contributed by atoms with Crippen molar-refractivity contribution in [3.05, 3.63) is 28.8 Å². The molecule has 17 heavy (non-hydrogen) atoms. The molecule has 7 heteroatoms. The fourth-order valence-corrected chi connectivity index (χ4v) is 1.21. The molecule has 0 bridgehead atoms. The third-order valence-corrected chi connectivity index (χ3v) is 2.29. The summed E-state index contributed by atoms with van der Waals surface area (Å²) >= 11 is 5.67. The van der Waals surface area contributed by atoms with Gasteiger partial charge in [-0.25, -0.2) is 0 Å². The molecule has 0 aliphatic heterocycles. The Bertz CT molecular complexity index is 432. The molecular formula is C10H10ClF3N2O. The number of carbonyl (C=O) groups is 1. The zero-order valence-corrected chi connectivity index (χ0v) is 9.56. The van der Waals surface area contributed by atoms with Gasteiger partial charge in [0.2, 0.25) is 5.91 Å². The first-order chi connectivity index (χ1) is 7.71. The first kappa shape index (κ1) is 13.8. The maximum absolute atomic E-state index is 12.4. The van der Waals surface area contributed by atoms with Gasteiger partial charge in [0.05, 0.1) is 22.3 Å². The fraction of sp³-hybridized carbons (Fsp3) is 0.300. The smallest absolute Gasteiger partial charge is 0.323 e. The Morgan fingerprint density at radius 3 is 2.53 bits per heavy atom. The molecule has 0 fully saturated rings. The number of carbonyl (C=O) groups excluding carboxylic acids is 1. The Balaban J connectivity index is 3.03. The van der Waals surface area contributed by atoms with Crippen LogP contribution in [-0.4, -0.2) is 11.9 Å². The summed E-state index contributed by atoms with van der Waals surface area (Å²) in [5.74, 6) is -0.605. The molecule has 0 spiro atoms. The van der Waals surface area contributed by atoms with Gasteiger partial charge in [0.25, 0.3) is 0 Å².